The molecule has 2 rings (SSSR count). The first kappa shape index (κ1) is 10.4. The molecule has 2 fully saturated rings. The van der Waals surface area contributed by atoms with Crippen LogP contribution in [-0.2, 0) is 0 Å². The largest absolute Gasteiger partial charge is 0.390 e. The molecule has 1 aliphatic heterocycles. The van der Waals surface area contributed by atoms with Crippen molar-refractivity contribution in [3.63, 3.8) is 0 Å². The highest BCUT2D eigenvalue weighted by Crippen LogP contribution is 2.34. The Bertz CT molecular complexity index is 175. The van der Waals surface area contributed by atoms with Gasteiger partial charge >= 0.3 is 0 Å². The van der Waals surface area contributed by atoms with Gasteiger partial charge in [0.05, 0.1) is 5.60 Å². The molecule has 1 unspecified atom stereocenters. The summed E-state index contributed by atoms with van der Waals surface area (Å²) in [7, 11) is 0. The molecule has 2 N–H and O–H groups in total. The van der Waals surface area contributed by atoms with Crippen molar-refractivity contribution in [1.82, 2.24) is 5.32 Å². The van der Waals surface area contributed by atoms with Crippen molar-refractivity contribution in [2.24, 2.45) is 5.92 Å². The zero-order valence-corrected chi connectivity index (χ0v) is 9.26. The molecule has 0 aromatic rings. The Morgan fingerprint density at radius 1 is 1.29 bits per heavy atom. The molecule has 2 nitrogen and oxygen atoms in total. The Morgan fingerprint density at radius 2 is 2.00 bits per heavy atom. The maximum atomic E-state index is 9.84. The topological polar surface area (TPSA) is 32.3 Å². The highest BCUT2D eigenvalue weighted by molar-refractivity contribution is 4.85. The summed E-state index contributed by atoms with van der Waals surface area (Å²) >= 11 is 0. The molecule has 1 heterocycles. The average molecular weight is 197 g/mol. The predicted octanol–water partition coefficient (Wildman–Crippen LogP) is 2.07. The fourth-order valence-corrected chi connectivity index (χ4v) is 2.90. The quantitative estimate of drug-likeness (QED) is 0.710. The minimum Gasteiger partial charge on any atom is -0.390 e. The molecule has 1 saturated heterocycles. The van der Waals surface area contributed by atoms with E-state index in [1.165, 1.54) is 38.6 Å². The van der Waals surface area contributed by atoms with E-state index in [-0.39, 0.29) is 5.60 Å². The summed E-state index contributed by atoms with van der Waals surface area (Å²) in [6.45, 7) is 3.20. The number of hydrogen-bond acceptors (Lipinski definition) is 2. The van der Waals surface area contributed by atoms with Crippen LogP contribution in [0.25, 0.3) is 0 Å². The summed E-state index contributed by atoms with van der Waals surface area (Å²) in [5.74, 6) is 0.867. The lowest BCUT2D eigenvalue weighted by atomic mass is 9.77. The van der Waals surface area contributed by atoms with E-state index in [0.717, 1.165) is 24.8 Å². The molecule has 14 heavy (non-hydrogen) atoms. The van der Waals surface area contributed by atoms with E-state index in [4.69, 9.17) is 0 Å². The van der Waals surface area contributed by atoms with E-state index in [9.17, 15) is 5.11 Å². The van der Waals surface area contributed by atoms with E-state index >= 15 is 0 Å². The van der Waals surface area contributed by atoms with E-state index in [2.05, 4.69) is 5.32 Å². The lowest BCUT2D eigenvalue weighted by Gasteiger charge is -2.34. The molecule has 0 bridgehead atoms. The Labute approximate surface area is 87.1 Å². The van der Waals surface area contributed by atoms with E-state index in [1.54, 1.807) is 0 Å². The predicted molar refractivity (Wildman–Crippen MR) is 58.2 cm³/mol. The van der Waals surface area contributed by atoms with Crippen LogP contribution in [0.1, 0.15) is 51.9 Å². The molecule has 1 saturated carbocycles. The summed E-state index contributed by atoms with van der Waals surface area (Å²) in [4.78, 5) is 0. The summed E-state index contributed by atoms with van der Waals surface area (Å²) in [6, 6.07) is 0.781. The van der Waals surface area contributed by atoms with Gasteiger partial charge in [-0.3, -0.25) is 0 Å². The highest BCUT2D eigenvalue weighted by atomic mass is 16.3. The van der Waals surface area contributed by atoms with Gasteiger partial charge in [-0.1, -0.05) is 0 Å². The lowest BCUT2D eigenvalue weighted by Crippen LogP contribution is -2.33. The average Bonchev–Trinajstić information content (AvgIpc) is 2.61. The van der Waals surface area contributed by atoms with Crippen molar-refractivity contribution < 1.29 is 5.11 Å². The second-order valence-corrected chi connectivity index (χ2v) is 5.47. The molecule has 0 spiro atoms. The molecule has 1 atom stereocenters. The Balaban J connectivity index is 1.72. The van der Waals surface area contributed by atoms with Gasteiger partial charge in [0.1, 0.15) is 0 Å². The minimum atomic E-state index is -0.362. The summed E-state index contributed by atoms with van der Waals surface area (Å²) in [5, 5.41) is 13.4. The normalized spacial score (nSPS) is 44.1. The molecule has 2 heteroatoms. The van der Waals surface area contributed by atoms with Gasteiger partial charge in [-0.2, -0.15) is 0 Å². The zero-order chi connectivity index (χ0) is 10.0. The van der Waals surface area contributed by atoms with E-state index in [1.807, 2.05) is 6.92 Å². The molecule has 0 aromatic heterocycles. The van der Waals surface area contributed by atoms with Crippen molar-refractivity contribution in [3.05, 3.63) is 0 Å². The van der Waals surface area contributed by atoms with Crippen LogP contribution in [0.5, 0.6) is 0 Å². The van der Waals surface area contributed by atoms with Crippen molar-refractivity contribution in [2.75, 3.05) is 6.54 Å². The van der Waals surface area contributed by atoms with Crippen LogP contribution in [0.3, 0.4) is 0 Å². The van der Waals surface area contributed by atoms with Gasteiger partial charge in [0, 0.05) is 6.04 Å². The Hall–Kier alpha value is -0.0800. The molecular formula is C12H23NO. The van der Waals surface area contributed by atoms with E-state index < -0.39 is 0 Å². The SMILES string of the molecule is CC1(O)CCC(CC2CCCN2)CC1. The first-order valence-electron chi connectivity index (χ1n) is 6.11. The van der Waals surface area contributed by atoms with Crippen LogP contribution >= 0.6 is 0 Å². The third kappa shape index (κ3) is 2.71. The van der Waals surface area contributed by atoms with Crippen molar-refractivity contribution in [1.29, 1.82) is 0 Å². The smallest absolute Gasteiger partial charge is 0.0620 e. The molecule has 2 aliphatic rings. The van der Waals surface area contributed by atoms with Crippen LogP contribution in [0.15, 0.2) is 0 Å². The van der Waals surface area contributed by atoms with E-state index in [0.29, 0.717) is 0 Å². The van der Waals surface area contributed by atoms with Crippen LogP contribution < -0.4 is 5.32 Å². The fraction of sp³-hybridized carbons (Fsp3) is 1.00. The summed E-state index contributed by atoms with van der Waals surface area (Å²) < 4.78 is 0. The zero-order valence-electron chi connectivity index (χ0n) is 9.26. The number of aliphatic hydroxyl groups is 1. The Morgan fingerprint density at radius 3 is 2.57 bits per heavy atom. The van der Waals surface area contributed by atoms with Crippen molar-refractivity contribution in [3.8, 4) is 0 Å². The van der Waals surface area contributed by atoms with Crippen molar-refractivity contribution in [2.45, 2.75) is 63.5 Å². The number of nitrogens with one attached hydrogen (secondary N) is 1. The maximum absolute atomic E-state index is 9.84. The second-order valence-electron chi connectivity index (χ2n) is 5.47. The third-order valence-corrected chi connectivity index (χ3v) is 3.96. The van der Waals surface area contributed by atoms with Crippen LogP contribution in [0.2, 0.25) is 0 Å². The molecule has 1 aliphatic carbocycles. The molecule has 0 radical (unpaired) electrons. The van der Waals surface area contributed by atoms with Crippen molar-refractivity contribution >= 4 is 0 Å². The molecule has 82 valence electrons. The molecule has 0 aromatic carbocycles. The summed E-state index contributed by atoms with van der Waals surface area (Å²) in [6.07, 6.45) is 8.53. The third-order valence-electron chi connectivity index (χ3n) is 3.96. The molecule has 0 amide bonds. The minimum absolute atomic E-state index is 0.362. The van der Waals surface area contributed by atoms with Gasteiger partial charge in [-0.25, -0.2) is 0 Å². The van der Waals surface area contributed by atoms with Crippen LogP contribution in [0.4, 0.5) is 0 Å². The van der Waals surface area contributed by atoms with Gasteiger partial charge in [-0.15, -0.1) is 0 Å². The van der Waals surface area contributed by atoms with Gasteiger partial charge < -0.3 is 10.4 Å². The van der Waals surface area contributed by atoms with Gasteiger partial charge in [0.25, 0.3) is 0 Å². The second kappa shape index (κ2) is 4.19. The number of hydrogen-bond donors (Lipinski definition) is 2. The molecular weight excluding hydrogens is 174 g/mol. The van der Waals surface area contributed by atoms with Gasteiger partial charge in [0.2, 0.25) is 0 Å². The standard InChI is InChI=1S/C12H23NO/c1-12(14)6-4-10(5-7-12)9-11-3-2-8-13-11/h10-11,13-14H,2-9H2,1H3. The van der Waals surface area contributed by atoms with Crippen LogP contribution in [-0.4, -0.2) is 23.3 Å². The first-order chi connectivity index (χ1) is 6.66. The van der Waals surface area contributed by atoms with Gasteiger partial charge in [-0.05, 0) is 64.3 Å². The van der Waals surface area contributed by atoms with Crippen LogP contribution in [0, 0.1) is 5.92 Å². The first-order valence-corrected chi connectivity index (χ1v) is 6.11. The summed E-state index contributed by atoms with van der Waals surface area (Å²) in [5.41, 5.74) is -0.362. The van der Waals surface area contributed by atoms with Gasteiger partial charge in [0.15, 0.2) is 0 Å². The number of rotatable bonds is 2. The maximum Gasteiger partial charge on any atom is 0.0620 e. The fourth-order valence-electron chi connectivity index (χ4n) is 2.90. The highest BCUT2D eigenvalue weighted by Gasteiger charge is 2.30. The lowest BCUT2D eigenvalue weighted by molar-refractivity contribution is 0.00586. The monoisotopic (exact) mass is 197 g/mol. The Kier molecular flexibility index (Phi) is 3.13.